The van der Waals surface area contributed by atoms with E-state index in [1.165, 1.54) is 6.07 Å². The highest BCUT2D eigenvalue weighted by Gasteiger charge is 2.25. The number of hydrogen-bond donors (Lipinski definition) is 1. The summed E-state index contributed by atoms with van der Waals surface area (Å²) in [5.74, 6) is -0.879. The number of aromatic hydroxyl groups is 1. The Hall–Kier alpha value is -2.98. The summed E-state index contributed by atoms with van der Waals surface area (Å²) in [5.41, 5.74) is 3.26. The lowest BCUT2D eigenvalue weighted by Gasteiger charge is -2.21. The highest BCUT2D eigenvalue weighted by molar-refractivity contribution is 6.31. The van der Waals surface area contributed by atoms with Gasteiger partial charge in [-0.3, -0.25) is 9.97 Å². The van der Waals surface area contributed by atoms with Crippen molar-refractivity contribution in [1.82, 2.24) is 9.97 Å². The number of benzene rings is 2. The first-order valence-electron chi connectivity index (χ1n) is 8.96. The standard InChI is InChI=1S/C23H18ClFN2O/c1-14-9-11-26-16(12-14)13-18(21-19(24)5-2-6-20(21)25)17-8-7-15-4-3-10-27-22(15)23(17)28/h2-12,18,28H,13H2,1H3. The molecule has 4 rings (SSSR count). The van der Waals surface area contributed by atoms with E-state index in [9.17, 15) is 9.50 Å². The molecule has 3 nitrogen and oxygen atoms in total. The molecule has 0 aliphatic rings. The van der Waals surface area contributed by atoms with Crippen molar-refractivity contribution in [2.45, 2.75) is 19.3 Å². The maximum atomic E-state index is 14.8. The molecule has 0 spiro atoms. The Bertz CT molecular complexity index is 1140. The van der Waals surface area contributed by atoms with Gasteiger partial charge in [0.25, 0.3) is 0 Å². The van der Waals surface area contributed by atoms with Crippen LogP contribution in [-0.4, -0.2) is 15.1 Å². The molecular weight excluding hydrogens is 375 g/mol. The van der Waals surface area contributed by atoms with Gasteiger partial charge in [-0.1, -0.05) is 35.9 Å². The van der Waals surface area contributed by atoms with Gasteiger partial charge in [0.05, 0.1) is 0 Å². The van der Waals surface area contributed by atoms with Crippen LogP contribution in [0.4, 0.5) is 4.39 Å². The van der Waals surface area contributed by atoms with Crippen LogP contribution in [0.25, 0.3) is 10.9 Å². The second-order valence-electron chi connectivity index (χ2n) is 6.80. The lowest BCUT2D eigenvalue weighted by molar-refractivity contribution is 0.468. The van der Waals surface area contributed by atoms with Gasteiger partial charge >= 0.3 is 0 Å². The summed E-state index contributed by atoms with van der Waals surface area (Å²) in [6, 6.07) is 15.9. The number of phenolic OH excluding ortho intramolecular Hbond substituents is 1. The van der Waals surface area contributed by atoms with Crippen molar-refractivity contribution in [3.8, 4) is 5.75 Å². The third kappa shape index (κ3) is 3.43. The van der Waals surface area contributed by atoms with Gasteiger partial charge in [0.2, 0.25) is 0 Å². The molecule has 0 saturated heterocycles. The largest absolute Gasteiger partial charge is 0.505 e. The number of halogens is 2. The molecule has 0 aliphatic heterocycles. The minimum absolute atomic E-state index is 0.0371. The highest BCUT2D eigenvalue weighted by Crippen LogP contribution is 2.40. The van der Waals surface area contributed by atoms with Crippen LogP contribution >= 0.6 is 11.6 Å². The van der Waals surface area contributed by atoms with E-state index in [4.69, 9.17) is 11.6 Å². The van der Waals surface area contributed by atoms with Crippen molar-refractivity contribution in [3.05, 3.63) is 100 Å². The minimum atomic E-state index is -0.505. The van der Waals surface area contributed by atoms with Gasteiger partial charge in [-0.15, -0.1) is 0 Å². The lowest BCUT2D eigenvalue weighted by Crippen LogP contribution is -2.10. The van der Waals surface area contributed by atoms with Crippen LogP contribution in [0.1, 0.15) is 28.3 Å². The molecule has 2 aromatic heterocycles. The predicted molar refractivity (Wildman–Crippen MR) is 109 cm³/mol. The number of fused-ring (bicyclic) bond motifs is 1. The second-order valence-corrected chi connectivity index (χ2v) is 7.20. The van der Waals surface area contributed by atoms with Gasteiger partial charge in [-0.05, 0) is 42.8 Å². The minimum Gasteiger partial charge on any atom is -0.505 e. The molecule has 5 heteroatoms. The predicted octanol–water partition coefficient (Wildman–Crippen LogP) is 5.81. The molecule has 2 heterocycles. The van der Waals surface area contributed by atoms with Gasteiger partial charge in [0.1, 0.15) is 17.1 Å². The van der Waals surface area contributed by atoms with Crippen LogP contribution in [0.3, 0.4) is 0 Å². The summed E-state index contributed by atoms with van der Waals surface area (Å²) >= 11 is 6.38. The van der Waals surface area contributed by atoms with Crippen molar-refractivity contribution in [2.24, 2.45) is 0 Å². The third-order valence-corrected chi connectivity index (χ3v) is 5.22. The normalized spacial score (nSPS) is 12.2. The van der Waals surface area contributed by atoms with E-state index in [1.54, 1.807) is 24.5 Å². The lowest BCUT2D eigenvalue weighted by atomic mass is 9.85. The van der Waals surface area contributed by atoms with E-state index < -0.39 is 11.7 Å². The van der Waals surface area contributed by atoms with Crippen LogP contribution in [-0.2, 0) is 6.42 Å². The van der Waals surface area contributed by atoms with E-state index in [0.717, 1.165) is 16.6 Å². The fourth-order valence-electron chi connectivity index (χ4n) is 3.56. The number of hydrogen-bond acceptors (Lipinski definition) is 3. The van der Waals surface area contributed by atoms with Crippen molar-refractivity contribution in [2.75, 3.05) is 0 Å². The maximum Gasteiger partial charge on any atom is 0.145 e. The monoisotopic (exact) mass is 392 g/mol. The Labute approximate surface area is 167 Å². The number of rotatable bonds is 4. The van der Waals surface area contributed by atoms with Gasteiger partial charge in [-0.2, -0.15) is 0 Å². The summed E-state index contributed by atoms with van der Waals surface area (Å²) in [7, 11) is 0. The highest BCUT2D eigenvalue weighted by atomic mass is 35.5. The van der Waals surface area contributed by atoms with Crippen LogP contribution in [0.5, 0.6) is 5.75 Å². The number of aryl methyl sites for hydroxylation is 1. The van der Waals surface area contributed by atoms with Gasteiger partial charge < -0.3 is 5.11 Å². The van der Waals surface area contributed by atoms with E-state index in [1.807, 2.05) is 43.3 Å². The average molecular weight is 393 g/mol. The summed E-state index contributed by atoms with van der Waals surface area (Å²) in [6.07, 6.45) is 3.75. The molecule has 0 amide bonds. The zero-order valence-electron chi connectivity index (χ0n) is 15.2. The van der Waals surface area contributed by atoms with E-state index in [0.29, 0.717) is 28.1 Å². The zero-order chi connectivity index (χ0) is 19.7. The fraction of sp³-hybridized carbons (Fsp3) is 0.130. The van der Waals surface area contributed by atoms with Gasteiger partial charge in [0, 0.05) is 52.0 Å². The van der Waals surface area contributed by atoms with Crippen molar-refractivity contribution in [3.63, 3.8) is 0 Å². The van der Waals surface area contributed by atoms with Crippen molar-refractivity contribution < 1.29 is 9.50 Å². The Morgan fingerprint density at radius 1 is 1.04 bits per heavy atom. The number of pyridine rings is 2. The molecule has 0 fully saturated rings. The molecule has 2 aromatic carbocycles. The smallest absolute Gasteiger partial charge is 0.145 e. The Morgan fingerprint density at radius 3 is 2.68 bits per heavy atom. The zero-order valence-corrected chi connectivity index (χ0v) is 16.0. The SMILES string of the molecule is Cc1ccnc(CC(c2ccc3cccnc3c2O)c2c(F)cccc2Cl)c1. The molecule has 28 heavy (non-hydrogen) atoms. The molecule has 0 bridgehead atoms. The molecule has 1 unspecified atom stereocenters. The first-order valence-corrected chi connectivity index (χ1v) is 9.34. The van der Waals surface area contributed by atoms with Crippen molar-refractivity contribution >= 4 is 22.5 Å². The van der Waals surface area contributed by atoms with Crippen molar-refractivity contribution in [1.29, 1.82) is 0 Å². The molecule has 1 atom stereocenters. The average Bonchev–Trinajstić information content (AvgIpc) is 2.68. The molecule has 1 N–H and O–H groups in total. The van der Waals surface area contributed by atoms with E-state index in [-0.39, 0.29) is 5.75 Å². The quantitative estimate of drug-likeness (QED) is 0.476. The van der Waals surface area contributed by atoms with Crippen LogP contribution < -0.4 is 0 Å². The summed E-state index contributed by atoms with van der Waals surface area (Å²) < 4.78 is 14.8. The van der Waals surface area contributed by atoms with Gasteiger partial charge in [-0.25, -0.2) is 4.39 Å². The topological polar surface area (TPSA) is 46.0 Å². The second kappa shape index (κ2) is 7.56. The molecule has 4 aromatic rings. The Kier molecular flexibility index (Phi) is 4.97. The third-order valence-electron chi connectivity index (χ3n) is 4.89. The van der Waals surface area contributed by atoms with Crippen LogP contribution in [0.2, 0.25) is 5.02 Å². The molecule has 0 saturated carbocycles. The van der Waals surface area contributed by atoms with E-state index >= 15 is 0 Å². The number of aromatic nitrogens is 2. The first kappa shape index (κ1) is 18.4. The number of nitrogens with zero attached hydrogens (tertiary/aromatic N) is 2. The maximum absolute atomic E-state index is 14.8. The summed E-state index contributed by atoms with van der Waals surface area (Å²) in [4.78, 5) is 8.71. The Morgan fingerprint density at radius 2 is 1.89 bits per heavy atom. The van der Waals surface area contributed by atoms with E-state index in [2.05, 4.69) is 9.97 Å². The molecular formula is C23H18ClFN2O. The molecule has 0 aliphatic carbocycles. The molecule has 0 radical (unpaired) electrons. The van der Waals surface area contributed by atoms with Crippen LogP contribution in [0, 0.1) is 12.7 Å². The first-order chi connectivity index (χ1) is 13.5. The Balaban J connectivity index is 1.92. The fourth-order valence-corrected chi connectivity index (χ4v) is 3.85. The van der Waals surface area contributed by atoms with Crippen LogP contribution in [0.15, 0.2) is 67.0 Å². The molecule has 140 valence electrons. The van der Waals surface area contributed by atoms with Gasteiger partial charge in [0.15, 0.2) is 0 Å². The summed E-state index contributed by atoms with van der Waals surface area (Å²) in [6.45, 7) is 1.98. The number of phenols is 1. The summed E-state index contributed by atoms with van der Waals surface area (Å²) in [5, 5.41) is 12.1.